The molecule has 0 aliphatic carbocycles. The van der Waals surface area contributed by atoms with E-state index < -0.39 is 11.7 Å². The van der Waals surface area contributed by atoms with Crippen LogP contribution in [0.2, 0.25) is 10.0 Å². The van der Waals surface area contributed by atoms with Gasteiger partial charge in [-0.1, -0.05) is 47.5 Å². The van der Waals surface area contributed by atoms with Crippen LogP contribution in [-0.4, -0.2) is 28.4 Å². The minimum absolute atomic E-state index is 0.0154. The number of amides is 1. The molecule has 0 unspecified atom stereocenters. The van der Waals surface area contributed by atoms with Crippen LogP contribution < -0.4 is 9.63 Å². The quantitative estimate of drug-likeness (QED) is 0.196. The summed E-state index contributed by atoms with van der Waals surface area (Å²) in [6.07, 6.45) is 3.49. The van der Waals surface area contributed by atoms with Crippen LogP contribution in [0, 0.1) is 11.0 Å². The first-order valence-electron chi connectivity index (χ1n) is 9.63. The van der Waals surface area contributed by atoms with Gasteiger partial charge in [-0.05, 0) is 23.8 Å². The van der Waals surface area contributed by atoms with Gasteiger partial charge in [-0.25, -0.2) is 4.39 Å². The lowest BCUT2D eigenvalue weighted by Gasteiger charge is -2.18. The maximum atomic E-state index is 13.3. The van der Waals surface area contributed by atoms with E-state index in [1.54, 1.807) is 28.8 Å². The lowest BCUT2D eigenvalue weighted by atomic mass is 10.1. The summed E-state index contributed by atoms with van der Waals surface area (Å²) in [6.45, 7) is 0.228. The predicted molar refractivity (Wildman–Crippen MR) is 122 cm³/mol. The van der Waals surface area contributed by atoms with Gasteiger partial charge in [0.2, 0.25) is 12.4 Å². The number of phenols is 1. The Hall–Kier alpha value is -3.62. The minimum atomic E-state index is -0.938. The van der Waals surface area contributed by atoms with Crippen molar-refractivity contribution in [1.29, 1.82) is 0 Å². The average molecular weight is 488 g/mol. The van der Waals surface area contributed by atoms with Crippen molar-refractivity contribution in [3.63, 3.8) is 0 Å². The van der Waals surface area contributed by atoms with Crippen molar-refractivity contribution in [3.05, 3.63) is 93.3 Å². The number of halogens is 3. The normalized spacial score (nSPS) is 11.0. The molecule has 4 aromatic rings. The molecule has 2 aromatic carbocycles. The molecule has 0 radical (unpaired) electrons. The van der Waals surface area contributed by atoms with Crippen molar-refractivity contribution < 1.29 is 23.8 Å². The van der Waals surface area contributed by atoms with Crippen LogP contribution in [-0.2, 0) is 11.3 Å². The molecule has 1 amide bonds. The van der Waals surface area contributed by atoms with Crippen molar-refractivity contribution in [1.82, 2.24) is 4.57 Å². The largest absolute Gasteiger partial charge is 0.619 e. The summed E-state index contributed by atoms with van der Waals surface area (Å²) in [7, 11) is 1.32. The fourth-order valence-electron chi connectivity index (χ4n) is 3.62. The third kappa shape index (κ3) is 4.22. The number of likely N-dealkylation sites (N-methyl/N-ethyl adjacent to an activating group) is 1. The number of anilines is 1. The van der Waals surface area contributed by atoms with Gasteiger partial charge in [-0.3, -0.25) is 9.59 Å². The molecule has 1 N–H and O–H groups in total. The average Bonchev–Trinajstić information content (AvgIpc) is 3.13. The van der Waals surface area contributed by atoms with Crippen LogP contribution >= 0.6 is 23.2 Å². The van der Waals surface area contributed by atoms with Crippen molar-refractivity contribution in [3.8, 4) is 5.75 Å². The molecule has 4 rings (SSSR count). The highest BCUT2D eigenvalue weighted by atomic mass is 35.5. The number of aromatic hydroxyl groups is 1. The Morgan fingerprint density at radius 2 is 1.76 bits per heavy atom. The highest BCUT2D eigenvalue weighted by Gasteiger charge is 2.29. The Morgan fingerprint density at radius 1 is 1.12 bits per heavy atom. The molecular formula is C23H16Cl2FN3O4. The summed E-state index contributed by atoms with van der Waals surface area (Å²) in [5.41, 5.74) is 1.15. The second-order valence-electron chi connectivity index (χ2n) is 7.33. The van der Waals surface area contributed by atoms with E-state index in [2.05, 4.69) is 0 Å². The summed E-state index contributed by atoms with van der Waals surface area (Å²) in [5, 5.41) is 22.1. The molecule has 0 bridgehead atoms. The number of fused-ring (bicyclic) bond motifs is 1. The van der Waals surface area contributed by atoms with Crippen LogP contribution in [0.4, 0.5) is 10.1 Å². The van der Waals surface area contributed by atoms with E-state index in [0.717, 1.165) is 22.9 Å². The summed E-state index contributed by atoms with van der Waals surface area (Å²) in [5.74, 6) is -2.27. The van der Waals surface area contributed by atoms with Gasteiger partial charge in [-0.2, -0.15) is 4.73 Å². The zero-order valence-electron chi connectivity index (χ0n) is 17.1. The summed E-state index contributed by atoms with van der Waals surface area (Å²) in [4.78, 5) is 27.2. The van der Waals surface area contributed by atoms with Gasteiger partial charge in [0.1, 0.15) is 21.6 Å². The first kappa shape index (κ1) is 22.6. The van der Waals surface area contributed by atoms with Crippen LogP contribution in [0.3, 0.4) is 0 Å². The van der Waals surface area contributed by atoms with Crippen LogP contribution in [0.25, 0.3) is 10.9 Å². The van der Waals surface area contributed by atoms with Crippen molar-refractivity contribution >= 4 is 51.5 Å². The van der Waals surface area contributed by atoms with Gasteiger partial charge < -0.3 is 19.8 Å². The molecule has 2 aromatic heterocycles. The van der Waals surface area contributed by atoms with E-state index >= 15 is 0 Å². The van der Waals surface area contributed by atoms with Gasteiger partial charge in [0.15, 0.2) is 0 Å². The topological polar surface area (TPSA) is 89.5 Å². The molecule has 7 nitrogen and oxygen atoms in total. The zero-order chi connectivity index (χ0) is 23.9. The van der Waals surface area contributed by atoms with Gasteiger partial charge in [0.05, 0.1) is 16.8 Å². The van der Waals surface area contributed by atoms with Gasteiger partial charge in [0.25, 0.3) is 11.7 Å². The fraction of sp³-hybridized carbons (Fsp3) is 0.0870. The van der Waals surface area contributed by atoms with Crippen LogP contribution in [0.15, 0.2) is 61.1 Å². The minimum Gasteiger partial charge on any atom is -0.619 e. The van der Waals surface area contributed by atoms with E-state index in [4.69, 9.17) is 23.2 Å². The number of hydrogen-bond acceptors (Lipinski definition) is 4. The molecule has 0 spiro atoms. The summed E-state index contributed by atoms with van der Waals surface area (Å²) < 4.78 is 15.3. The Balaban J connectivity index is 1.75. The zero-order valence-corrected chi connectivity index (χ0v) is 18.6. The summed E-state index contributed by atoms with van der Waals surface area (Å²) >= 11 is 12.1. The molecule has 10 heteroatoms. The number of nitrogens with zero attached hydrogens (tertiary/aromatic N) is 3. The predicted octanol–water partition coefficient (Wildman–Crippen LogP) is 4.32. The number of rotatable bonds is 5. The number of carbonyl (C=O) groups is 2. The molecule has 0 fully saturated rings. The number of ketones is 1. The lowest BCUT2D eigenvalue weighted by Crippen LogP contribution is -2.35. The molecule has 0 saturated carbocycles. The third-order valence-electron chi connectivity index (χ3n) is 5.16. The second kappa shape index (κ2) is 8.73. The van der Waals surface area contributed by atoms with E-state index in [1.165, 1.54) is 31.4 Å². The van der Waals surface area contributed by atoms with Gasteiger partial charge >= 0.3 is 0 Å². The fourth-order valence-corrected chi connectivity index (χ4v) is 4.32. The Morgan fingerprint density at radius 3 is 2.39 bits per heavy atom. The number of phenolic OH excluding ortho intramolecular Hbond substituents is 1. The number of benzene rings is 2. The maximum absolute atomic E-state index is 13.3. The SMILES string of the molecule is CN(C(=O)C(=O)c1cn(Cc2ccc(F)cc2)c2c(O)cccc12)c1c(Cl)c[n+]([O-])cc1Cl. The number of hydrogen-bond donors (Lipinski definition) is 1. The Labute approximate surface area is 197 Å². The number of pyridine rings is 1. The van der Waals surface area contributed by atoms with E-state index in [-0.39, 0.29) is 39.4 Å². The van der Waals surface area contributed by atoms with E-state index in [1.807, 2.05) is 0 Å². The van der Waals surface area contributed by atoms with E-state index in [0.29, 0.717) is 15.6 Å². The molecule has 33 heavy (non-hydrogen) atoms. The van der Waals surface area contributed by atoms with Crippen LogP contribution in [0.5, 0.6) is 5.75 Å². The smallest absolute Gasteiger partial charge is 0.299 e. The number of Topliss-reactive ketones (excluding diaryl/α,β-unsaturated/α-hetero) is 1. The number of carbonyl (C=O) groups excluding carboxylic acids is 2. The van der Waals surface area contributed by atoms with Crippen molar-refractivity contribution in [2.75, 3.05) is 11.9 Å². The van der Waals surface area contributed by atoms with Gasteiger partial charge in [0, 0.05) is 25.2 Å². The molecule has 0 atom stereocenters. The molecule has 2 heterocycles. The molecular weight excluding hydrogens is 472 g/mol. The van der Waals surface area contributed by atoms with E-state index in [9.17, 15) is 24.3 Å². The van der Waals surface area contributed by atoms with Crippen molar-refractivity contribution in [2.45, 2.75) is 6.54 Å². The maximum Gasteiger partial charge on any atom is 0.299 e. The first-order chi connectivity index (χ1) is 15.7. The molecule has 0 saturated heterocycles. The lowest BCUT2D eigenvalue weighted by molar-refractivity contribution is -0.605. The highest BCUT2D eigenvalue weighted by molar-refractivity contribution is 6.50. The standard InChI is InChI=1S/C23H16Cl2FN3O4/c1-27(21-17(24)11-29(33)12-18(21)25)23(32)22(31)16-10-28(9-13-5-7-14(26)8-6-13)20-15(16)3-2-4-19(20)30/h2-8,10-12,30H,9H2,1H3. The van der Waals surface area contributed by atoms with Crippen molar-refractivity contribution in [2.24, 2.45) is 0 Å². The number of aromatic nitrogens is 2. The second-order valence-corrected chi connectivity index (χ2v) is 8.14. The molecule has 0 aliphatic rings. The Bertz CT molecular complexity index is 1380. The van der Waals surface area contributed by atoms with Crippen LogP contribution in [0.1, 0.15) is 15.9 Å². The molecule has 0 aliphatic heterocycles. The third-order valence-corrected chi connectivity index (χ3v) is 5.71. The molecule has 168 valence electrons. The first-order valence-corrected chi connectivity index (χ1v) is 10.4. The van der Waals surface area contributed by atoms with Gasteiger partial charge in [-0.15, -0.1) is 0 Å². The number of para-hydroxylation sites is 1. The monoisotopic (exact) mass is 487 g/mol. The summed E-state index contributed by atoms with van der Waals surface area (Å²) in [6, 6.07) is 10.4. The Kier molecular flexibility index (Phi) is 5.97. The highest BCUT2D eigenvalue weighted by Crippen LogP contribution is 2.33.